The number of aryl methyl sites for hydroxylation is 2. The summed E-state index contributed by atoms with van der Waals surface area (Å²) >= 11 is 0. The van der Waals surface area contributed by atoms with Crippen LogP contribution in [0.3, 0.4) is 0 Å². The molecular formula is C20H25N3O2. The van der Waals surface area contributed by atoms with E-state index >= 15 is 0 Å². The number of carbonyl (C=O) groups excluding carboxylic acids is 1. The molecule has 0 spiro atoms. The predicted molar refractivity (Wildman–Crippen MR) is 100 cm³/mol. The Kier molecular flexibility index (Phi) is 5.53. The van der Waals surface area contributed by atoms with Crippen LogP contribution in [0.1, 0.15) is 31.0 Å². The fourth-order valence-electron chi connectivity index (χ4n) is 2.99. The zero-order valence-electron chi connectivity index (χ0n) is 14.9. The van der Waals surface area contributed by atoms with Crippen LogP contribution >= 0.6 is 0 Å². The molecule has 0 aliphatic carbocycles. The lowest BCUT2D eigenvalue weighted by molar-refractivity contribution is -0.118. The average molecular weight is 339 g/mol. The zero-order valence-corrected chi connectivity index (χ0v) is 14.9. The van der Waals surface area contributed by atoms with Gasteiger partial charge in [-0.25, -0.2) is 4.98 Å². The Morgan fingerprint density at radius 2 is 2.04 bits per heavy atom. The molecular weight excluding hydrogens is 314 g/mol. The predicted octanol–water partition coefficient (Wildman–Crippen LogP) is 3.57. The van der Waals surface area contributed by atoms with Crippen LogP contribution in [0.25, 0.3) is 0 Å². The Bertz CT molecular complexity index is 739. The van der Waals surface area contributed by atoms with Crippen LogP contribution in [0.5, 0.6) is 5.75 Å². The van der Waals surface area contributed by atoms with Gasteiger partial charge in [0.15, 0.2) is 6.61 Å². The summed E-state index contributed by atoms with van der Waals surface area (Å²) in [6.45, 7) is 6.11. The number of hydrogen-bond acceptors (Lipinski definition) is 4. The van der Waals surface area contributed by atoms with E-state index in [0.717, 1.165) is 36.7 Å². The molecule has 0 saturated carbocycles. The van der Waals surface area contributed by atoms with Crippen molar-refractivity contribution in [3.63, 3.8) is 0 Å². The van der Waals surface area contributed by atoms with Crippen LogP contribution in [0.4, 0.5) is 11.5 Å². The van der Waals surface area contributed by atoms with Gasteiger partial charge in [0.1, 0.15) is 11.6 Å². The van der Waals surface area contributed by atoms with E-state index < -0.39 is 0 Å². The van der Waals surface area contributed by atoms with Gasteiger partial charge in [-0.2, -0.15) is 0 Å². The Hall–Kier alpha value is -2.56. The Morgan fingerprint density at radius 3 is 2.76 bits per heavy atom. The lowest BCUT2D eigenvalue weighted by Gasteiger charge is -2.18. The number of carbonyl (C=O) groups is 1. The summed E-state index contributed by atoms with van der Waals surface area (Å²) in [6.07, 6.45) is 3.38. The Labute approximate surface area is 149 Å². The summed E-state index contributed by atoms with van der Waals surface area (Å²) in [5.41, 5.74) is 2.75. The number of anilines is 2. The molecule has 5 heteroatoms. The van der Waals surface area contributed by atoms with E-state index in [1.165, 1.54) is 18.4 Å². The van der Waals surface area contributed by atoms with E-state index in [1.807, 2.05) is 43.3 Å². The highest BCUT2D eigenvalue weighted by Gasteiger charge is 2.15. The number of benzene rings is 1. The minimum atomic E-state index is -0.180. The van der Waals surface area contributed by atoms with E-state index in [-0.39, 0.29) is 12.5 Å². The molecule has 1 N–H and O–H groups in total. The third-order valence-corrected chi connectivity index (χ3v) is 4.45. The van der Waals surface area contributed by atoms with Gasteiger partial charge >= 0.3 is 0 Å². The van der Waals surface area contributed by atoms with E-state index in [0.29, 0.717) is 5.75 Å². The summed E-state index contributed by atoms with van der Waals surface area (Å²) in [5, 5.41) is 2.88. The van der Waals surface area contributed by atoms with Gasteiger partial charge in [-0.05, 0) is 56.0 Å². The molecule has 1 saturated heterocycles. The Morgan fingerprint density at radius 1 is 1.24 bits per heavy atom. The molecule has 0 radical (unpaired) electrons. The second-order valence-electron chi connectivity index (χ2n) is 6.33. The molecule has 5 nitrogen and oxygen atoms in total. The zero-order chi connectivity index (χ0) is 17.6. The van der Waals surface area contributed by atoms with Gasteiger partial charge in [0.2, 0.25) is 0 Å². The van der Waals surface area contributed by atoms with Crippen LogP contribution in [-0.4, -0.2) is 30.6 Å². The molecule has 0 atom stereocenters. The van der Waals surface area contributed by atoms with Crippen molar-refractivity contribution in [3.05, 3.63) is 47.7 Å². The molecule has 1 fully saturated rings. The number of aromatic nitrogens is 1. The largest absolute Gasteiger partial charge is 0.484 e. The molecule has 25 heavy (non-hydrogen) atoms. The Balaban J connectivity index is 1.57. The molecule has 1 amide bonds. The quantitative estimate of drug-likeness (QED) is 0.874. The van der Waals surface area contributed by atoms with Crippen molar-refractivity contribution in [1.82, 2.24) is 4.98 Å². The normalized spacial score (nSPS) is 13.8. The molecule has 1 aliphatic heterocycles. The fraction of sp³-hybridized carbons (Fsp3) is 0.400. The van der Waals surface area contributed by atoms with Crippen molar-refractivity contribution in [3.8, 4) is 5.75 Å². The van der Waals surface area contributed by atoms with Gasteiger partial charge in [-0.3, -0.25) is 4.79 Å². The monoisotopic (exact) mass is 339 g/mol. The summed E-state index contributed by atoms with van der Waals surface area (Å²) in [5.74, 6) is 1.52. The highest BCUT2D eigenvalue weighted by Crippen LogP contribution is 2.22. The van der Waals surface area contributed by atoms with Crippen molar-refractivity contribution >= 4 is 17.4 Å². The maximum atomic E-state index is 12.2. The van der Waals surface area contributed by atoms with Gasteiger partial charge in [-0.15, -0.1) is 0 Å². The summed E-state index contributed by atoms with van der Waals surface area (Å²) in [7, 11) is 0. The first-order valence-electron chi connectivity index (χ1n) is 8.90. The number of ether oxygens (including phenoxy) is 1. The van der Waals surface area contributed by atoms with E-state index in [1.54, 1.807) is 0 Å². The van der Waals surface area contributed by atoms with Gasteiger partial charge < -0.3 is 15.0 Å². The highest BCUT2D eigenvalue weighted by atomic mass is 16.5. The molecule has 2 heterocycles. The van der Waals surface area contributed by atoms with Crippen molar-refractivity contribution in [2.45, 2.75) is 33.1 Å². The minimum absolute atomic E-state index is 0.0134. The topological polar surface area (TPSA) is 54.5 Å². The van der Waals surface area contributed by atoms with Crippen LogP contribution in [0, 0.1) is 6.92 Å². The maximum Gasteiger partial charge on any atom is 0.262 e. The number of amides is 1. The maximum absolute atomic E-state index is 12.2. The highest BCUT2D eigenvalue weighted by molar-refractivity contribution is 5.92. The summed E-state index contributed by atoms with van der Waals surface area (Å²) in [6, 6.07) is 11.7. The van der Waals surface area contributed by atoms with Crippen molar-refractivity contribution < 1.29 is 9.53 Å². The van der Waals surface area contributed by atoms with Crippen LogP contribution in [0.15, 0.2) is 36.4 Å². The molecule has 132 valence electrons. The number of rotatable bonds is 6. The van der Waals surface area contributed by atoms with Crippen molar-refractivity contribution in [2.24, 2.45) is 0 Å². The van der Waals surface area contributed by atoms with Crippen LogP contribution in [0.2, 0.25) is 0 Å². The third kappa shape index (κ3) is 4.50. The molecule has 3 rings (SSSR count). The molecule has 2 aromatic rings. The van der Waals surface area contributed by atoms with Gasteiger partial charge in [0, 0.05) is 13.1 Å². The van der Waals surface area contributed by atoms with Gasteiger partial charge in [-0.1, -0.05) is 19.1 Å². The first-order valence-corrected chi connectivity index (χ1v) is 8.90. The van der Waals surface area contributed by atoms with E-state index in [9.17, 15) is 4.79 Å². The second-order valence-corrected chi connectivity index (χ2v) is 6.33. The SMILES string of the molecule is CCc1cccc(OCC(=O)Nc2ccc(N3CCCC3)nc2C)c1. The van der Waals surface area contributed by atoms with Crippen LogP contribution < -0.4 is 15.0 Å². The van der Waals surface area contributed by atoms with Crippen molar-refractivity contribution in [1.29, 1.82) is 0 Å². The van der Waals surface area contributed by atoms with E-state index in [4.69, 9.17) is 4.74 Å². The molecule has 1 aromatic heterocycles. The van der Waals surface area contributed by atoms with Crippen LogP contribution in [-0.2, 0) is 11.2 Å². The molecule has 1 aromatic carbocycles. The standard InChI is InChI=1S/C20H25N3O2/c1-3-16-7-6-8-17(13-16)25-14-20(24)22-18-9-10-19(21-15(18)2)23-11-4-5-12-23/h6-10,13H,3-5,11-12,14H2,1-2H3,(H,22,24). The first-order chi connectivity index (χ1) is 12.2. The first kappa shape index (κ1) is 17.3. The number of nitrogens with one attached hydrogen (secondary N) is 1. The minimum Gasteiger partial charge on any atom is -0.484 e. The molecule has 1 aliphatic rings. The van der Waals surface area contributed by atoms with Gasteiger partial charge in [0.25, 0.3) is 5.91 Å². The number of hydrogen-bond donors (Lipinski definition) is 1. The summed E-state index contributed by atoms with van der Waals surface area (Å²) < 4.78 is 5.59. The smallest absolute Gasteiger partial charge is 0.262 e. The lowest BCUT2D eigenvalue weighted by atomic mass is 10.2. The summed E-state index contributed by atoms with van der Waals surface area (Å²) in [4.78, 5) is 19.1. The molecule has 0 bridgehead atoms. The number of pyridine rings is 1. The lowest BCUT2D eigenvalue weighted by Crippen LogP contribution is -2.22. The second kappa shape index (κ2) is 8.01. The molecule has 0 unspecified atom stereocenters. The fourth-order valence-corrected chi connectivity index (χ4v) is 2.99. The van der Waals surface area contributed by atoms with Gasteiger partial charge in [0.05, 0.1) is 11.4 Å². The van der Waals surface area contributed by atoms with E-state index in [2.05, 4.69) is 22.1 Å². The van der Waals surface area contributed by atoms with Crippen molar-refractivity contribution in [2.75, 3.05) is 29.9 Å². The third-order valence-electron chi connectivity index (χ3n) is 4.45. The average Bonchev–Trinajstić information content (AvgIpc) is 3.16. The number of nitrogens with zero attached hydrogens (tertiary/aromatic N) is 2.